The van der Waals surface area contributed by atoms with Crippen LogP contribution in [0.4, 0.5) is 0 Å². The topological polar surface area (TPSA) is 47.3 Å². The monoisotopic (exact) mass is 324 g/mol. The number of hydrogen-bond acceptors (Lipinski definition) is 3. The number of rotatable bonds is 6. The molecule has 0 radical (unpaired) electrons. The van der Waals surface area contributed by atoms with Gasteiger partial charge < -0.3 is 4.74 Å². The molecule has 0 aliphatic rings. The largest absolute Gasteiger partial charge is 0.494 e. The van der Waals surface area contributed by atoms with E-state index in [1.165, 1.54) is 0 Å². The zero-order chi connectivity index (χ0) is 15.2. The molecule has 0 fully saturated rings. The number of hydrazine groups is 1. The second kappa shape index (κ2) is 7.66. The lowest BCUT2D eigenvalue weighted by Gasteiger charge is -2.17. The maximum Gasteiger partial charge on any atom is 0.119 e. The summed E-state index contributed by atoms with van der Waals surface area (Å²) >= 11 is 12.0. The predicted molar refractivity (Wildman–Crippen MR) is 87.8 cm³/mol. The third-order valence-corrected chi connectivity index (χ3v) is 3.94. The summed E-state index contributed by atoms with van der Waals surface area (Å²) in [6.07, 6.45) is 0.711. The first kappa shape index (κ1) is 16.1. The fourth-order valence-electron chi connectivity index (χ4n) is 2.16. The number of nitrogens with two attached hydrogens (primary N) is 1. The normalized spacial score (nSPS) is 12.2. The summed E-state index contributed by atoms with van der Waals surface area (Å²) in [7, 11) is 0. The fraction of sp³-hybridized carbons (Fsp3) is 0.250. The van der Waals surface area contributed by atoms with Crippen LogP contribution in [0, 0.1) is 0 Å². The van der Waals surface area contributed by atoms with Crippen molar-refractivity contribution < 1.29 is 4.74 Å². The molecule has 1 unspecified atom stereocenters. The summed E-state index contributed by atoms with van der Waals surface area (Å²) in [4.78, 5) is 0. The molecule has 2 aromatic rings. The van der Waals surface area contributed by atoms with Crippen molar-refractivity contribution in [3.8, 4) is 5.75 Å². The fourth-order valence-corrected chi connectivity index (χ4v) is 2.48. The lowest BCUT2D eigenvalue weighted by atomic mass is 9.99. The van der Waals surface area contributed by atoms with Crippen molar-refractivity contribution >= 4 is 23.2 Å². The first-order valence-corrected chi connectivity index (χ1v) is 7.52. The molecule has 112 valence electrons. The molecule has 21 heavy (non-hydrogen) atoms. The summed E-state index contributed by atoms with van der Waals surface area (Å²) in [6.45, 7) is 2.60. The van der Waals surface area contributed by atoms with Crippen LogP contribution in [0.25, 0.3) is 0 Å². The molecular formula is C16H18Cl2N2O. The van der Waals surface area contributed by atoms with E-state index in [2.05, 4.69) is 5.43 Å². The average molecular weight is 325 g/mol. The van der Waals surface area contributed by atoms with Crippen molar-refractivity contribution in [3.05, 3.63) is 63.6 Å². The Labute approximate surface area is 135 Å². The van der Waals surface area contributed by atoms with Gasteiger partial charge >= 0.3 is 0 Å². The number of benzene rings is 2. The van der Waals surface area contributed by atoms with Gasteiger partial charge in [0.15, 0.2) is 0 Å². The summed E-state index contributed by atoms with van der Waals surface area (Å²) < 4.78 is 5.52. The summed E-state index contributed by atoms with van der Waals surface area (Å²) in [5.41, 5.74) is 4.97. The number of hydrogen-bond donors (Lipinski definition) is 2. The minimum absolute atomic E-state index is 0.0253. The van der Waals surface area contributed by atoms with E-state index in [-0.39, 0.29) is 6.04 Å². The third-order valence-electron chi connectivity index (χ3n) is 3.20. The van der Waals surface area contributed by atoms with Crippen LogP contribution in [0.5, 0.6) is 5.75 Å². The molecule has 0 amide bonds. The molecule has 0 saturated heterocycles. The van der Waals surface area contributed by atoms with Gasteiger partial charge in [0.25, 0.3) is 0 Å². The Morgan fingerprint density at radius 3 is 2.62 bits per heavy atom. The highest BCUT2D eigenvalue weighted by atomic mass is 35.5. The van der Waals surface area contributed by atoms with Gasteiger partial charge in [-0.2, -0.15) is 0 Å². The minimum atomic E-state index is -0.0253. The molecule has 2 rings (SSSR count). The quantitative estimate of drug-likeness (QED) is 0.620. The molecule has 0 heterocycles. The highest BCUT2D eigenvalue weighted by molar-refractivity contribution is 6.42. The summed E-state index contributed by atoms with van der Waals surface area (Å²) in [5, 5.41) is 1.10. The third kappa shape index (κ3) is 4.35. The van der Waals surface area contributed by atoms with Gasteiger partial charge in [0, 0.05) is 0 Å². The Kier molecular flexibility index (Phi) is 5.88. The molecule has 0 spiro atoms. The standard InChI is InChI=1S/C16H18Cl2N2O/c1-2-21-13-5-3-4-12(10-13)16(20-19)9-11-6-7-14(17)15(18)8-11/h3-8,10,16,20H,2,9,19H2,1H3. The number of ether oxygens (including phenoxy) is 1. The van der Waals surface area contributed by atoms with Crippen molar-refractivity contribution in [2.45, 2.75) is 19.4 Å². The van der Waals surface area contributed by atoms with E-state index in [9.17, 15) is 0 Å². The molecule has 2 aromatic carbocycles. The van der Waals surface area contributed by atoms with Gasteiger partial charge in [-0.25, -0.2) is 0 Å². The molecular weight excluding hydrogens is 307 g/mol. The first-order chi connectivity index (χ1) is 10.1. The van der Waals surface area contributed by atoms with Crippen LogP contribution < -0.4 is 16.0 Å². The Bertz CT molecular complexity index is 605. The smallest absolute Gasteiger partial charge is 0.119 e. The van der Waals surface area contributed by atoms with Gasteiger partial charge in [-0.1, -0.05) is 41.4 Å². The lowest BCUT2D eigenvalue weighted by molar-refractivity contribution is 0.339. The van der Waals surface area contributed by atoms with Crippen LogP contribution in [-0.4, -0.2) is 6.61 Å². The van der Waals surface area contributed by atoms with Crippen LogP contribution in [0.15, 0.2) is 42.5 Å². The van der Waals surface area contributed by atoms with Crippen LogP contribution in [0.3, 0.4) is 0 Å². The van der Waals surface area contributed by atoms with Gasteiger partial charge in [0.1, 0.15) is 5.75 Å². The van der Waals surface area contributed by atoms with E-state index in [0.717, 1.165) is 16.9 Å². The molecule has 3 N–H and O–H groups in total. The molecule has 0 aliphatic carbocycles. The molecule has 0 aliphatic heterocycles. The second-order valence-corrected chi connectivity index (χ2v) is 5.49. The van der Waals surface area contributed by atoms with Crippen molar-refractivity contribution in [1.29, 1.82) is 0 Å². The van der Waals surface area contributed by atoms with E-state index in [1.54, 1.807) is 6.07 Å². The molecule has 1 atom stereocenters. The summed E-state index contributed by atoms with van der Waals surface area (Å²) in [5.74, 6) is 6.53. The Hall–Kier alpha value is -1.26. The Morgan fingerprint density at radius 2 is 1.95 bits per heavy atom. The van der Waals surface area contributed by atoms with Crippen molar-refractivity contribution in [1.82, 2.24) is 5.43 Å². The molecule has 0 aromatic heterocycles. The highest BCUT2D eigenvalue weighted by Gasteiger charge is 2.12. The van der Waals surface area contributed by atoms with Crippen molar-refractivity contribution in [2.75, 3.05) is 6.61 Å². The van der Waals surface area contributed by atoms with E-state index in [4.69, 9.17) is 33.8 Å². The zero-order valence-electron chi connectivity index (χ0n) is 11.8. The maximum absolute atomic E-state index is 6.05. The maximum atomic E-state index is 6.05. The summed E-state index contributed by atoms with van der Waals surface area (Å²) in [6, 6.07) is 13.5. The lowest BCUT2D eigenvalue weighted by Crippen LogP contribution is -2.29. The van der Waals surface area contributed by atoms with Crippen LogP contribution >= 0.6 is 23.2 Å². The van der Waals surface area contributed by atoms with E-state index in [0.29, 0.717) is 23.1 Å². The van der Waals surface area contributed by atoms with Crippen molar-refractivity contribution in [2.24, 2.45) is 5.84 Å². The minimum Gasteiger partial charge on any atom is -0.494 e. The van der Waals surface area contributed by atoms with Crippen LogP contribution in [0.1, 0.15) is 24.1 Å². The van der Waals surface area contributed by atoms with Crippen molar-refractivity contribution in [3.63, 3.8) is 0 Å². The molecule has 0 bridgehead atoms. The number of nitrogens with one attached hydrogen (secondary N) is 1. The molecule has 3 nitrogen and oxygen atoms in total. The van der Waals surface area contributed by atoms with Gasteiger partial charge in [-0.15, -0.1) is 0 Å². The second-order valence-electron chi connectivity index (χ2n) is 4.68. The highest BCUT2D eigenvalue weighted by Crippen LogP contribution is 2.26. The SMILES string of the molecule is CCOc1cccc(C(Cc2ccc(Cl)c(Cl)c2)NN)c1. The first-order valence-electron chi connectivity index (χ1n) is 6.77. The van der Waals surface area contributed by atoms with Crippen LogP contribution in [-0.2, 0) is 6.42 Å². The van der Waals surface area contributed by atoms with Crippen LogP contribution in [0.2, 0.25) is 10.0 Å². The zero-order valence-corrected chi connectivity index (χ0v) is 13.3. The van der Waals surface area contributed by atoms with E-state index < -0.39 is 0 Å². The van der Waals surface area contributed by atoms with E-state index >= 15 is 0 Å². The van der Waals surface area contributed by atoms with Gasteiger partial charge in [-0.3, -0.25) is 11.3 Å². The molecule has 0 saturated carbocycles. The van der Waals surface area contributed by atoms with Gasteiger partial charge in [0.2, 0.25) is 0 Å². The van der Waals surface area contributed by atoms with Gasteiger partial charge in [0.05, 0.1) is 22.7 Å². The Morgan fingerprint density at radius 1 is 1.14 bits per heavy atom. The Balaban J connectivity index is 2.19. The molecule has 5 heteroatoms. The predicted octanol–water partition coefficient (Wildman–Crippen LogP) is 4.14. The van der Waals surface area contributed by atoms with E-state index in [1.807, 2.05) is 43.3 Å². The number of halogens is 2. The average Bonchev–Trinajstić information content (AvgIpc) is 2.49. The van der Waals surface area contributed by atoms with Gasteiger partial charge in [-0.05, 0) is 48.7 Å².